The minimum atomic E-state index is -0.982. The van der Waals surface area contributed by atoms with Crippen LogP contribution in [0.25, 0.3) is 0 Å². The predicted octanol–water partition coefficient (Wildman–Crippen LogP) is 2.77. The zero-order chi connectivity index (χ0) is 14.0. The van der Waals surface area contributed by atoms with E-state index in [1.54, 1.807) is 24.0 Å². The molecule has 2 rings (SSSR count). The van der Waals surface area contributed by atoms with Gasteiger partial charge in [-0.15, -0.1) is 11.8 Å². The monoisotopic (exact) mass is 297 g/mol. The van der Waals surface area contributed by atoms with Crippen LogP contribution in [0.1, 0.15) is 21.6 Å². The summed E-state index contributed by atoms with van der Waals surface area (Å²) in [5.74, 6) is -0.444. The number of aryl methyl sites for hydroxylation is 2. The van der Waals surface area contributed by atoms with Gasteiger partial charge in [-0.2, -0.15) is 5.10 Å². The first-order chi connectivity index (χ1) is 9.00. The molecule has 0 fully saturated rings. The normalized spacial score (nSPS) is 10.7. The largest absolute Gasteiger partial charge is 0.478 e. The third-order valence-corrected chi connectivity index (χ3v) is 4.13. The van der Waals surface area contributed by atoms with Gasteiger partial charge in [-0.1, -0.05) is 11.6 Å². The van der Waals surface area contributed by atoms with E-state index in [2.05, 4.69) is 10.1 Å². The standard InChI is InChI=1S/C12H12ClN3O2S/c1-7-9(10(13)16(2)15-7)6-19-11-8(12(17)18)4-3-5-14-11/h3-5H,6H2,1-2H3,(H,17,18). The van der Waals surface area contributed by atoms with Gasteiger partial charge in [-0.25, -0.2) is 9.78 Å². The molecule has 0 aliphatic heterocycles. The highest BCUT2D eigenvalue weighted by atomic mass is 35.5. The van der Waals surface area contributed by atoms with Gasteiger partial charge >= 0.3 is 5.97 Å². The van der Waals surface area contributed by atoms with Crippen LogP contribution >= 0.6 is 23.4 Å². The lowest BCUT2D eigenvalue weighted by molar-refractivity contribution is 0.0692. The second-order valence-electron chi connectivity index (χ2n) is 3.93. The minimum absolute atomic E-state index is 0.199. The van der Waals surface area contributed by atoms with Gasteiger partial charge in [0.1, 0.15) is 10.2 Å². The Balaban J connectivity index is 2.22. The summed E-state index contributed by atoms with van der Waals surface area (Å²) in [6.07, 6.45) is 1.58. The van der Waals surface area contributed by atoms with Crippen LogP contribution in [-0.2, 0) is 12.8 Å². The van der Waals surface area contributed by atoms with E-state index in [1.165, 1.54) is 17.8 Å². The van der Waals surface area contributed by atoms with Gasteiger partial charge in [-0.05, 0) is 19.1 Å². The summed E-state index contributed by atoms with van der Waals surface area (Å²) >= 11 is 7.47. The molecule has 0 bridgehead atoms. The fourth-order valence-corrected chi connectivity index (χ4v) is 3.04. The second kappa shape index (κ2) is 5.63. The molecule has 0 saturated heterocycles. The maximum atomic E-state index is 11.1. The van der Waals surface area contributed by atoms with Crippen molar-refractivity contribution in [2.75, 3.05) is 0 Å². The van der Waals surface area contributed by atoms with Gasteiger partial charge in [0.05, 0.1) is 11.3 Å². The number of hydrogen-bond donors (Lipinski definition) is 1. The van der Waals surface area contributed by atoms with Gasteiger partial charge < -0.3 is 5.11 Å². The molecular formula is C12H12ClN3O2S. The smallest absolute Gasteiger partial charge is 0.338 e. The van der Waals surface area contributed by atoms with E-state index in [0.717, 1.165) is 11.3 Å². The summed E-state index contributed by atoms with van der Waals surface area (Å²) in [5, 5.41) is 14.3. The molecule has 5 nitrogen and oxygen atoms in total. The Bertz CT molecular complexity index is 627. The highest BCUT2D eigenvalue weighted by molar-refractivity contribution is 7.98. The topological polar surface area (TPSA) is 68.0 Å². The van der Waals surface area contributed by atoms with Crippen LogP contribution in [0.15, 0.2) is 23.4 Å². The number of halogens is 1. The third kappa shape index (κ3) is 2.90. The zero-order valence-corrected chi connectivity index (χ0v) is 12.0. The van der Waals surface area contributed by atoms with Crippen LogP contribution in [0.5, 0.6) is 0 Å². The number of thioether (sulfide) groups is 1. The summed E-state index contributed by atoms with van der Waals surface area (Å²) in [6.45, 7) is 1.87. The molecular weight excluding hydrogens is 286 g/mol. The van der Waals surface area contributed by atoms with Crippen molar-refractivity contribution in [3.05, 3.63) is 40.3 Å². The first kappa shape index (κ1) is 13.9. The second-order valence-corrected chi connectivity index (χ2v) is 5.25. The van der Waals surface area contributed by atoms with E-state index in [9.17, 15) is 4.79 Å². The maximum absolute atomic E-state index is 11.1. The molecule has 0 unspecified atom stereocenters. The SMILES string of the molecule is Cc1nn(C)c(Cl)c1CSc1ncccc1C(=O)O. The Labute approximate surface area is 119 Å². The summed E-state index contributed by atoms with van der Waals surface area (Å²) in [4.78, 5) is 15.2. The van der Waals surface area contributed by atoms with Crippen LogP contribution in [0.2, 0.25) is 5.15 Å². The van der Waals surface area contributed by atoms with Crippen molar-refractivity contribution < 1.29 is 9.90 Å². The van der Waals surface area contributed by atoms with Crippen LogP contribution in [0, 0.1) is 6.92 Å². The number of rotatable bonds is 4. The molecule has 100 valence electrons. The lowest BCUT2D eigenvalue weighted by Gasteiger charge is -2.04. The van der Waals surface area contributed by atoms with Crippen LogP contribution in [0.4, 0.5) is 0 Å². The summed E-state index contributed by atoms with van der Waals surface area (Å²) in [5.41, 5.74) is 1.94. The molecule has 2 heterocycles. The van der Waals surface area contributed by atoms with Gasteiger partial charge in [-0.3, -0.25) is 4.68 Å². The van der Waals surface area contributed by atoms with Crippen LogP contribution in [-0.4, -0.2) is 25.8 Å². The van der Waals surface area contributed by atoms with Crippen molar-refractivity contribution in [1.82, 2.24) is 14.8 Å². The molecule has 0 amide bonds. The Kier molecular flexibility index (Phi) is 4.11. The Morgan fingerprint density at radius 3 is 2.89 bits per heavy atom. The minimum Gasteiger partial charge on any atom is -0.478 e. The third-order valence-electron chi connectivity index (χ3n) is 2.62. The highest BCUT2D eigenvalue weighted by Crippen LogP contribution is 2.29. The molecule has 0 aliphatic carbocycles. The number of carboxylic acids is 1. The fourth-order valence-electron chi connectivity index (χ4n) is 1.65. The molecule has 0 aliphatic rings. The van der Waals surface area contributed by atoms with Crippen molar-refractivity contribution in [1.29, 1.82) is 0 Å². The van der Waals surface area contributed by atoms with E-state index >= 15 is 0 Å². The molecule has 0 spiro atoms. The number of carbonyl (C=O) groups is 1. The number of aromatic nitrogens is 3. The number of hydrogen-bond acceptors (Lipinski definition) is 4. The highest BCUT2D eigenvalue weighted by Gasteiger charge is 2.15. The van der Waals surface area contributed by atoms with Crippen molar-refractivity contribution >= 4 is 29.3 Å². The fraction of sp³-hybridized carbons (Fsp3) is 0.250. The zero-order valence-electron chi connectivity index (χ0n) is 10.4. The van der Waals surface area contributed by atoms with Crippen molar-refractivity contribution in [3.8, 4) is 0 Å². The number of nitrogens with zero attached hydrogens (tertiary/aromatic N) is 3. The van der Waals surface area contributed by atoms with Crippen LogP contribution in [0.3, 0.4) is 0 Å². The van der Waals surface area contributed by atoms with E-state index in [0.29, 0.717) is 15.9 Å². The van der Waals surface area contributed by atoms with E-state index in [1.807, 2.05) is 6.92 Å². The molecule has 2 aromatic rings. The quantitative estimate of drug-likeness (QED) is 0.879. The lowest BCUT2D eigenvalue weighted by atomic mass is 10.3. The average Bonchev–Trinajstić information content (AvgIpc) is 2.61. The first-order valence-electron chi connectivity index (χ1n) is 5.49. The van der Waals surface area contributed by atoms with E-state index in [4.69, 9.17) is 16.7 Å². The lowest BCUT2D eigenvalue weighted by Crippen LogP contribution is -2.00. The molecule has 1 N–H and O–H groups in total. The van der Waals surface area contributed by atoms with Gasteiger partial charge in [0, 0.05) is 24.6 Å². The molecule has 0 atom stereocenters. The molecule has 7 heteroatoms. The number of aromatic carboxylic acids is 1. The first-order valence-corrected chi connectivity index (χ1v) is 6.86. The predicted molar refractivity (Wildman–Crippen MR) is 73.7 cm³/mol. The molecule has 0 radical (unpaired) electrons. The maximum Gasteiger partial charge on any atom is 0.338 e. The van der Waals surface area contributed by atoms with Gasteiger partial charge in [0.2, 0.25) is 0 Å². The van der Waals surface area contributed by atoms with Crippen molar-refractivity contribution in [3.63, 3.8) is 0 Å². The molecule has 0 aromatic carbocycles. The summed E-state index contributed by atoms with van der Waals surface area (Å²) in [6, 6.07) is 3.14. The van der Waals surface area contributed by atoms with E-state index < -0.39 is 5.97 Å². The Morgan fingerprint density at radius 1 is 1.58 bits per heavy atom. The van der Waals surface area contributed by atoms with Gasteiger partial charge in [0.15, 0.2) is 0 Å². The molecule has 19 heavy (non-hydrogen) atoms. The number of carboxylic acid groups (broad SMARTS) is 1. The van der Waals surface area contributed by atoms with Gasteiger partial charge in [0.25, 0.3) is 0 Å². The van der Waals surface area contributed by atoms with E-state index in [-0.39, 0.29) is 5.56 Å². The average molecular weight is 298 g/mol. The van der Waals surface area contributed by atoms with Crippen molar-refractivity contribution in [2.24, 2.45) is 7.05 Å². The van der Waals surface area contributed by atoms with Crippen LogP contribution < -0.4 is 0 Å². The summed E-state index contributed by atoms with van der Waals surface area (Å²) in [7, 11) is 1.77. The molecule has 2 aromatic heterocycles. The van der Waals surface area contributed by atoms with Crippen molar-refractivity contribution in [2.45, 2.75) is 17.7 Å². The molecule has 0 saturated carbocycles. The number of pyridine rings is 1. The summed E-state index contributed by atoms with van der Waals surface area (Å²) < 4.78 is 1.60. The Morgan fingerprint density at radius 2 is 2.32 bits per heavy atom. The Hall–Kier alpha value is -1.53.